The topological polar surface area (TPSA) is 60.0 Å². The van der Waals surface area contributed by atoms with Crippen molar-refractivity contribution in [2.45, 2.75) is 13.5 Å². The van der Waals surface area contributed by atoms with Crippen molar-refractivity contribution >= 4 is 17.3 Å². The van der Waals surface area contributed by atoms with Crippen LogP contribution in [-0.2, 0) is 6.54 Å². The maximum absolute atomic E-state index is 10.2. The Kier molecular flexibility index (Phi) is 5.82. The Hall–Kier alpha value is -2.27. The van der Waals surface area contributed by atoms with Crippen molar-refractivity contribution < 1.29 is 19.3 Å². The van der Waals surface area contributed by atoms with Gasteiger partial charge in [-0.05, 0) is 19.1 Å². The second kappa shape index (κ2) is 7.83. The smallest absolute Gasteiger partial charge is 0.162 e. The van der Waals surface area contributed by atoms with Gasteiger partial charge in [-0.2, -0.15) is 0 Å². The van der Waals surface area contributed by atoms with Crippen LogP contribution in [0.25, 0.3) is 0 Å². The fraction of sp³-hybridized carbons (Fsp3) is 0.294. The Balaban J connectivity index is 2.21. The second-order valence-corrected chi connectivity index (χ2v) is 5.14. The van der Waals surface area contributed by atoms with Crippen LogP contribution in [0.15, 0.2) is 30.3 Å². The molecule has 0 saturated carbocycles. The zero-order valence-corrected chi connectivity index (χ0v) is 14.1. The summed E-state index contributed by atoms with van der Waals surface area (Å²) in [7, 11) is 3.12. The first-order valence-electron chi connectivity index (χ1n) is 7.19. The van der Waals surface area contributed by atoms with Crippen molar-refractivity contribution in [2.24, 2.45) is 0 Å². The van der Waals surface area contributed by atoms with E-state index in [1.165, 1.54) is 0 Å². The first-order valence-corrected chi connectivity index (χ1v) is 7.57. The highest BCUT2D eigenvalue weighted by molar-refractivity contribution is 6.32. The summed E-state index contributed by atoms with van der Waals surface area (Å²) in [5.74, 6) is 1.73. The van der Waals surface area contributed by atoms with Crippen LogP contribution >= 0.6 is 11.6 Å². The summed E-state index contributed by atoms with van der Waals surface area (Å²) in [6.45, 7) is 2.76. The number of methoxy groups -OCH3 is 2. The molecule has 5 nitrogen and oxygen atoms in total. The normalized spacial score (nSPS) is 10.3. The van der Waals surface area contributed by atoms with Gasteiger partial charge in [0.25, 0.3) is 0 Å². The molecule has 124 valence electrons. The number of para-hydroxylation sites is 1. The number of phenolic OH excluding ortho intramolecular Hbond substituents is 1. The quantitative estimate of drug-likeness (QED) is 0.797. The minimum absolute atomic E-state index is 0.125. The van der Waals surface area contributed by atoms with E-state index >= 15 is 0 Å². The molecule has 0 saturated heterocycles. The number of halogens is 1. The highest BCUT2D eigenvalue weighted by Gasteiger charge is 2.12. The Morgan fingerprint density at radius 3 is 2.48 bits per heavy atom. The molecule has 0 spiro atoms. The number of anilines is 1. The molecule has 2 aromatic rings. The van der Waals surface area contributed by atoms with E-state index in [9.17, 15) is 5.11 Å². The molecule has 0 aliphatic carbocycles. The lowest BCUT2D eigenvalue weighted by atomic mass is 10.1. The molecule has 0 radical (unpaired) electrons. The van der Waals surface area contributed by atoms with Crippen LogP contribution in [0.4, 0.5) is 5.69 Å². The third-order valence-electron chi connectivity index (χ3n) is 3.33. The molecule has 0 heterocycles. The van der Waals surface area contributed by atoms with E-state index in [-0.39, 0.29) is 5.75 Å². The van der Waals surface area contributed by atoms with E-state index in [1.807, 2.05) is 19.1 Å². The van der Waals surface area contributed by atoms with E-state index in [4.69, 9.17) is 25.8 Å². The summed E-state index contributed by atoms with van der Waals surface area (Å²) >= 11 is 6.15. The van der Waals surface area contributed by atoms with Gasteiger partial charge in [-0.1, -0.05) is 23.7 Å². The van der Waals surface area contributed by atoms with Gasteiger partial charge in [0, 0.05) is 18.2 Å². The number of nitrogens with one attached hydrogen (secondary N) is 1. The molecule has 0 aliphatic rings. The lowest BCUT2D eigenvalue weighted by Gasteiger charge is -2.15. The van der Waals surface area contributed by atoms with Crippen molar-refractivity contribution in [1.82, 2.24) is 0 Å². The Labute approximate surface area is 140 Å². The largest absolute Gasteiger partial charge is 0.504 e. The van der Waals surface area contributed by atoms with Crippen LogP contribution in [0.3, 0.4) is 0 Å². The van der Waals surface area contributed by atoms with Crippen molar-refractivity contribution in [1.29, 1.82) is 0 Å². The predicted octanol–water partition coefficient (Wildman–Crippen LogP) is 4.07. The minimum atomic E-state index is 0.125. The van der Waals surface area contributed by atoms with Gasteiger partial charge in [-0.25, -0.2) is 0 Å². The summed E-state index contributed by atoms with van der Waals surface area (Å²) in [5, 5.41) is 13.9. The highest BCUT2D eigenvalue weighted by atomic mass is 35.5. The Bertz CT molecular complexity index is 676. The van der Waals surface area contributed by atoms with E-state index in [1.54, 1.807) is 32.4 Å². The van der Waals surface area contributed by atoms with E-state index in [2.05, 4.69) is 5.32 Å². The molecular weight excluding hydrogens is 318 g/mol. The maximum atomic E-state index is 10.2. The summed E-state index contributed by atoms with van der Waals surface area (Å²) < 4.78 is 15.9. The van der Waals surface area contributed by atoms with Gasteiger partial charge in [0.05, 0.1) is 31.5 Å². The molecule has 0 aromatic heterocycles. The molecule has 0 aliphatic heterocycles. The second-order valence-electron chi connectivity index (χ2n) is 4.74. The van der Waals surface area contributed by atoms with Gasteiger partial charge in [0.1, 0.15) is 11.5 Å². The summed E-state index contributed by atoms with van der Waals surface area (Å²) in [6.07, 6.45) is 0. The fourth-order valence-electron chi connectivity index (χ4n) is 2.17. The molecular formula is C17H20ClNO4. The fourth-order valence-corrected chi connectivity index (χ4v) is 2.41. The van der Waals surface area contributed by atoms with Crippen LogP contribution in [0.1, 0.15) is 12.5 Å². The number of benzene rings is 2. The van der Waals surface area contributed by atoms with Crippen LogP contribution < -0.4 is 19.5 Å². The third-order valence-corrected chi connectivity index (χ3v) is 3.62. The first-order chi connectivity index (χ1) is 11.1. The molecule has 0 fully saturated rings. The van der Waals surface area contributed by atoms with Gasteiger partial charge in [0.15, 0.2) is 11.5 Å². The first kappa shape index (κ1) is 17.1. The lowest BCUT2D eigenvalue weighted by Crippen LogP contribution is -2.03. The summed E-state index contributed by atoms with van der Waals surface area (Å²) in [4.78, 5) is 0. The number of ether oxygens (including phenoxy) is 3. The monoisotopic (exact) mass is 337 g/mol. The van der Waals surface area contributed by atoms with Gasteiger partial charge >= 0.3 is 0 Å². The molecule has 0 amide bonds. The molecule has 0 bridgehead atoms. The van der Waals surface area contributed by atoms with Gasteiger partial charge in [0.2, 0.25) is 0 Å². The van der Waals surface area contributed by atoms with Gasteiger partial charge < -0.3 is 24.6 Å². The molecule has 23 heavy (non-hydrogen) atoms. The number of hydrogen-bond acceptors (Lipinski definition) is 5. The van der Waals surface area contributed by atoms with Crippen molar-refractivity contribution in [3.8, 4) is 23.0 Å². The average Bonchev–Trinajstić information content (AvgIpc) is 2.56. The minimum Gasteiger partial charge on any atom is -0.504 e. The van der Waals surface area contributed by atoms with Crippen LogP contribution in [0.5, 0.6) is 23.0 Å². The van der Waals surface area contributed by atoms with Crippen LogP contribution in [-0.4, -0.2) is 25.9 Å². The van der Waals surface area contributed by atoms with Gasteiger partial charge in [-0.15, -0.1) is 0 Å². The van der Waals surface area contributed by atoms with Crippen LogP contribution in [0, 0.1) is 0 Å². The number of phenols is 1. The lowest BCUT2D eigenvalue weighted by molar-refractivity contribution is 0.317. The van der Waals surface area contributed by atoms with E-state index in [0.717, 1.165) is 0 Å². The van der Waals surface area contributed by atoms with E-state index in [0.29, 0.717) is 46.7 Å². The SMILES string of the molecule is CCOc1cccc(CNc2cc(Cl)c(OC)cc2OC)c1O. The third kappa shape index (κ3) is 3.93. The van der Waals surface area contributed by atoms with Crippen molar-refractivity contribution in [3.63, 3.8) is 0 Å². The van der Waals surface area contributed by atoms with Crippen LogP contribution in [0.2, 0.25) is 5.02 Å². The van der Waals surface area contributed by atoms with Crippen molar-refractivity contribution in [3.05, 3.63) is 40.9 Å². The highest BCUT2D eigenvalue weighted by Crippen LogP contribution is 2.37. The van der Waals surface area contributed by atoms with E-state index < -0.39 is 0 Å². The number of hydrogen-bond donors (Lipinski definition) is 2. The molecule has 2 rings (SSSR count). The molecule has 6 heteroatoms. The molecule has 2 N–H and O–H groups in total. The molecule has 2 aromatic carbocycles. The zero-order valence-electron chi connectivity index (χ0n) is 13.4. The summed E-state index contributed by atoms with van der Waals surface area (Å²) in [6, 6.07) is 8.82. The number of aromatic hydroxyl groups is 1. The Morgan fingerprint density at radius 2 is 1.83 bits per heavy atom. The predicted molar refractivity (Wildman–Crippen MR) is 91.2 cm³/mol. The number of rotatable bonds is 7. The molecule has 0 atom stereocenters. The average molecular weight is 338 g/mol. The molecule has 0 unspecified atom stereocenters. The Morgan fingerprint density at radius 1 is 1.09 bits per heavy atom. The van der Waals surface area contributed by atoms with Gasteiger partial charge in [-0.3, -0.25) is 0 Å². The maximum Gasteiger partial charge on any atom is 0.162 e. The zero-order chi connectivity index (χ0) is 16.8. The van der Waals surface area contributed by atoms with Crippen molar-refractivity contribution in [2.75, 3.05) is 26.1 Å². The summed E-state index contributed by atoms with van der Waals surface area (Å²) in [5.41, 5.74) is 1.42. The standard InChI is InChI=1S/C17H20ClNO4/c1-4-23-14-7-5-6-11(17(14)20)10-19-13-8-12(18)15(21-2)9-16(13)22-3/h5-9,19-20H,4,10H2,1-3H3.